The molecule has 1 fully saturated rings. The zero-order valence-electron chi connectivity index (χ0n) is 9.59. The summed E-state index contributed by atoms with van der Waals surface area (Å²) in [6, 6.07) is 8.79. The molecule has 15 heavy (non-hydrogen) atoms. The van der Waals surface area contributed by atoms with Crippen LogP contribution in [0.15, 0.2) is 24.3 Å². The highest BCUT2D eigenvalue weighted by atomic mass is 15.0. The number of rotatable bonds is 4. The van der Waals surface area contributed by atoms with Crippen LogP contribution in [0.25, 0.3) is 0 Å². The highest BCUT2D eigenvalue weighted by molar-refractivity contribution is 5.45. The third-order valence-corrected chi connectivity index (χ3v) is 3.04. The molecule has 1 aliphatic heterocycles. The van der Waals surface area contributed by atoms with Crippen LogP contribution in [0.3, 0.4) is 0 Å². The molecular formula is C13H20N2. The number of anilines is 1. The van der Waals surface area contributed by atoms with Gasteiger partial charge in [-0.05, 0) is 23.6 Å². The van der Waals surface area contributed by atoms with E-state index in [1.807, 2.05) is 0 Å². The van der Waals surface area contributed by atoms with E-state index in [1.54, 1.807) is 0 Å². The van der Waals surface area contributed by atoms with E-state index in [-0.39, 0.29) is 0 Å². The summed E-state index contributed by atoms with van der Waals surface area (Å²) in [7, 11) is 0. The maximum atomic E-state index is 3.47. The van der Waals surface area contributed by atoms with E-state index >= 15 is 0 Å². The molecule has 1 heterocycles. The SMILES string of the molecule is CC(C)c1ccc(NCC2CNC2)cc1. The van der Waals surface area contributed by atoms with E-state index in [9.17, 15) is 0 Å². The summed E-state index contributed by atoms with van der Waals surface area (Å²) < 4.78 is 0. The monoisotopic (exact) mass is 204 g/mol. The van der Waals surface area contributed by atoms with E-state index < -0.39 is 0 Å². The summed E-state index contributed by atoms with van der Waals surface area (Å²) in [5.74, 6) is 1.43. The van der Waals surface area contributed by atoms with Crippen molar-refractivity contribution in [2.45, 2.75) is 19.8 Å². The lowest BCUT2D eigenvalue weighted by Crippen LogP contribution is -2.45. The Morgan fingerprint density at radius 3 is 2.40 bits per heavy atom. The predicted octanol–water partition coefficient (Wildman–Crippen LogP) is 2.44. The Hall–Kier alpha value is -1.02. The summed E-state index contributed by atoms with van der Waals surface area (Å²) in [5.41, 5.74) is 2.65. The van der Waals surface area contributed by atoms with Gasteiger partial charge in [-0.15, -0.1) is 0 Å². The Morgan fingerprint density at radius 1 is 1.27 bits per heavy atom. The Morgan fingerprint density at radius 2 is 1.93 bits per heavy atom. The van der Waals surface area contributed by atoms with Crippen molar-refractivity contribution in [2.24, 2.45) is 5.92 Å². The smallest absolute Gasteiger partial charge is 0.0340 e. The lowest BCUT2D eigenvalue weighted by atomic mass is 10.0. The van der Waals surface area contributed by atoms with Crippen LogP contribution >= 0.6 is 0 Å². The molecule has 0 spiro atoms. The molecule has 1 aromatic carbocycles. The molecule has 0 unspecified atom stereocenters. The summed E-state index contributed by atoms with van der Waals surface area (Å²) in [4.78, 5) is 0. The van der Waals surface area contributed by atoms with Gasteiger partial charge in [0, 0.05) is 31.2 Å². The molecule has 0 saturated carbocycles. The molecule has 0 atom stereocenters. The number of hydrogen-bond donors (Lipinski definition) is 2. The standard InChI is InChI=1S/C13H20N2/c1-10(2)12-3-5-13(6-4-12)15-9-11-7-14-8-11/h3-6,10-11,14-15H,7-9H2,1-2H3. The molecule has 2 rings (SSSR count). The second-order valence-electron chi connectivity index (χ2n) is 4.68. The van der Waals surface area contributed by atoms with Crippen LogP contribution in [-0.4, -0.2) is 19.6 Å². The molecule has 0 aromatic heterocycles. The first kappa shape index (κ1) is 10.5. The van der Waals surface area contributed by atoms with Gasteiger partial charge in [-0.1, -0.05) is 26.0 Å². The summed E-state index contributed by atoms with van der Waals surface area (Å²) in [6.45, 7) is 7.87. The van der Waals surface area contributed by atoms with Gasteiger partial charge < -0.3 is 10.6 Å². The van der Waals surface area contributed by atoms with Crippen LogP contribution in [0, 0.1) is 5.92 Å². The highest BCUT2D eigenvalue weighted by Gasteiger charge is 2.15. The molecule has 0 aliphatic carbocycles. The van der Waals surface area contributed by atoms with Gasteiger partial charge in [-0.25, -0.2) is 0 Å². The van der Waals surface area contributed by atoms with Crippen molar-refractivity contribution in [2.75, 3.05) is 25.0 Å². The number of hydrogen-bond acceptors (Lipinski definition) is 2. The minimum atomic E-state index is 0.620. The maximum Gasteiger partial charge on any atom is 0.0340 e. The Balaban J connectivity index is 1.86. The fraction of sp³-hybridized carbons (Fsp3) is 0.538. The molecule has 1 aromatic rings. The second kappa shape index (κ2) is 4.67. The van der Waals surface area contributed by atoms with Crippen LogP contribution in [0.1, 0.15) is 25.3 Å². The van der Waals surface area contributed by atoms with Crippen LogP contribution in [0.4, 0.5) is 5.69 Å². The van der Waals surface area contributed by atoms with Crippen LogP contribution < -0.4 is 10.6 Å². The predicted molar refractivity (Wildman–Crippen MR) is 65.4 cm³/mol. The molecule has 0 radical (unpaired) electrons. The van der Waals surface area contributed by atoms with Gasteiger partial charge in [0.25, 0.3) is 0 Å². The highest BCUT2D eigenvalue weighted by Crippen LogP contribution is 2.17. The largest absolute Gasteiger partial charge is 0.385 e. The summed E-state index contributed by atoms with van der Waals surface area (Å²) in [6.07, 6.45) is 0. The van der Waals surface area contributed by atoms with E-state index in [0.717, 1.165) is 25.6 Å². The van der Waals surface area contributed by atoms with Crippen LogP contribution in [0.5, 0.6) is 0 Å². The second-order valence-corrected chi connectivity index (χ2v) is 4.68. The molecule has 1 saturated heterocycles. The Kier molecular flexibility index (Phi) is 3.27. The Bertz CT molecular complexity index is 299. The minimum Gasteiger partial charge on any atom is -0.385 e. The van der Waals surface area contributed by atoms with Gasteiger partial charge in [0.1, 0.15) is 0 Å². The van der Waals surface area contributed by atoms with Crippen molar-refractivity contribution in [3.8, 4) is 0 Å². The van der Waals surface area contributed by atoms with Gasteiger partial charge in [0.15, 0.2) is 0 Å². The van der Waals surface area contributed by atoms with E-state index in [0.29, 0.717) is 5.92 Å². The lowest BCUT2D eigenvalue weighted by molar-refractivity contribution is 0.365. The van der Waals surface area contributed by atoms with Crippen molar-refractivity contribution < 1.29 is 0 Å². The first-order chi connectivity index (χ1) is 7.25. The molecule has 2 N–H and O–H groups in total. The van der Waals surface area contributed by atoms with E-state index in [4.69, 9.17) is 0 Å². The minimum absolute atomic E-state index is 0.620. The molecule has 2 nitrogen and oxygen atoms in total. The van der Waals surface area contributed by atoms with Gasteiger partial charge in [0.05, 0.1) is 0 Å². The van der Waals surface area contributed by atoms with Gasteiger partial charge in [-0.2, -0.15) is 0 Å². The fourth-order valence-electron chi connectivity index (χ4n) is 1.74. The summed E-state index contributed by atoms with van der Waals surface area (Å²) >= 11 is 0. The fourth-order valence-corrected chi connectivity index (χ4v) is 1.74. The zero-order chi connectivity index (χ0) is 10.7. The van der Waals surface area contributed by atoms with Gasteiger partial charge >= 0.3 is 0 Å². The average molecular weight is 204 g/mol. The first-order valence-electron chi connectivity index (χ1n) is 5.80. The van der Waals surface area contributed by atoms with Crippen LogP contribution in [0.2, 0.25) is 0 Å². The lowest BCUT2D eigenvalue weighted by Gasteiger charge is -2.27. The molecule has 2 heteroatoms. The third-order valence-electron chi connectivity index (χ3n) is 3.04. The molecule has 1 aliphatic rings. The average Bonchev–Trinajstić information content (AvgIpc) is 2.16. The third kappa shape index (κ3) is 2.72. The normalized spacial score (nSPS) is 16.5. The quantitative estimate of drug-likeness (QED) is 0.787. The van der Waals surface area contributed by atoms with E-state index in [2.05, 4.69) is 48.7 Å². The van der Waals surface area contributed by atoms with Crippen molar-refractivity contribution in [1.29, 1.82) is 0 Å². The topological polar surface area (TPSA) is 24.1 Å². The van der Waals surface area contributed by atoms with Crippen molar-refractivity contribution in [1.82, 2.24) is 5.32 Å². The van der Waals surface area contributed by atoms with Gasteiger partial charge in [-0.3, -0.25) is 0 Å². The molecule has 0 bridgehead atoms. The molecule has 82 valence electrons. The van der Waals surface area contributed by atoms with Crippen molar-refractivity contribution in [3.05, 3.63) is 29.8 Å². The van der Waals surface area contributed by atoms with E-state index in [1.165, 1.54) is 11.3 Å². The van der Waals surface area contributed by atoms with Crippen LogP contribution in [-0.2, 0) is 0 Å². The molecular weight excluding hydrogens is 184 g/mol. The van der Waals surface area contributed by atoms with Gasteiger partial charge in [0.2, 0.25) is 0 Å². The summed E-state index contributed by atoms with van der Waals surface area (Å²) in [5, 5.41) is 6.75. The maximum absolute atomic E-state index is 3.47. The van der Waals surface area contributed by atoms with Crippen molar-refractivity contribution in [3.63, 3.8) is 0 Å². The first-order valence-corrected chi connectivity index (χ1v) is 5.80. The van der Waals surface area contributed by atoms with Crippen molar-refractivity contribution >= 4 is 5.69 Å². The number of benzene rings is 1. The molecule has 0 amide bonds. The number of nitrogens with one attached hydrogen (secondary N) is 2. The zero-order valence-corrected chi connectivity index (χ0v) is 9.59. The Labute approximate surface area is 92.1 Å².